The normalized spacial score (nSPS) is 13.1. The summed E-state index contributed by atoms with van der Waals surface area (Å²) in [7, 11) is -3.47. The van der Waals surface area contributed by atoms with Gasteiger partial charge in [0.25, 0.3) is 0 Å². The standard InChI is InChI=1S/C11H13ClN2O2S/c1-8(5-12)7-17(15,16)11-4-10(6-13)3-9(2)14-11/h3-4,8H,5,7H2,1-2H3. The molecular formula is C11H13ClN2O2S. The van der Waals surface area contributed by atoms with E-state index in [4.69, 9.17) is 16.9 Å². The Hall–Kier alpha value is -1.12. The second-order valence-electron chi connectivity index (χ2n) is 3.99. The first kappa shape index (κ1) is 13.9. The topological polar surface area (TPSA) is 70.8 Å². The highest BCUT2D eigenvalue weighted by molar-refractivity contribution is 7.91. The molecule has 1 aromatic rings. The Balaban J connectivity index is 3.16. The van der Waals surface area contributed by atoms with Gasteiger partial charge in [0.05, 0.1) is 17.4 Å². The summed E-state index contributed by atoms with van der Waals surface area (Å²) in [5.74, 6) is 0.0723. The van der Waals surface area contributed by atoms with Crippen molar-refractivity contribution in [1.29, 1.82) is 5.26 Å². The number of nitriles is 1. The number of rotatable bonds is 4. The molecule has 1 unspecified atom stereocenters. The Morgan fingerprint density at radius 3 is 2.71 bits per heavy atom. The molecule has 0 spiro atoms. The van der Waals surface area contributed by atoms with Gasteiger partial charge >= 0.3 is 0 Å². The van der Waals surface area contributed by atoms with Crippen molar-refractivity contribution in [1.82, 2.24) is 4.98 Å². The molecule has 0 aliphatic carbocycles. The van der Waals surface area contributed by atoms with Gasteiger partial charge in [0.2, 0.25) is 0 Å². The van der Waals surface area contributed by atoms with Gasteiger partial charge in [-0.15, -0.1) is 11.6 Å². The summed E-state index contributed by atoms with van der Waals surface area (Å²) in [5, 5.41) is 8.74. The lowest BCUT2D eigenvalue weighted by molar-refractivity contribution is 0.579. The second-order valence-corrected chi connectivity index (χ2v) is 6.28. The molecule has 1 aromatic heterocycles. The molecule has 0 saturated heterocycles. The SMILES string of the molecule is Cc1cc(C#N)cc(S(=O)(=O)CC(C)CCl)n1. The number of sulfone groups is 1. The summed E-state index contributed by atoms with van der Waals surface area (Å²) < 4.78 is 24.0. The maximum absolute atomic E-state index is 12.0. The highest BCUT2D eigenvalue weighted by Crippen LogP contribution is 2.15. The number of hydrogen-bond acceptors (Lipinski definition) is 4. The third kappa shape index (κ3) is 3.69. The van der Waals surface area contributed by atoms with Crippen LogP contribution in [0.25, 0.3) is 0 Å². The number of aromatic nitrogens is 1. The quantitative estimate of drug-likeness (QED) is 0.785. The number of halogens is 1. The van der Waals surface area contributed by atoms with Crippen LogP contribution in [0.4, 0.5) is 0 Å². The van der Waals surface area contributed by atoms with Crippen molar-refractivity contribution < 1.29 is 8.42 Å². The summed E-state index contributed by atoms with van der Waals surface area (Å²) in [5.41, 5.74) is 0.816. The number of hydrogen-bond donors (Lipinski definition) is 0. The Labute approximate surface area is 106 Å². The molecule has 0 radical (unpaired) electrons. The molecule has 0 aliphatic rings. The van der Waals surface area contributed by atoms with Gasteiger partial charge in [0.1, 0.15) is 0 Å². The molecule has 0 aromatic carbocycles. The van der Waals surface area contributed by atoms with Crippen LogP contribution in [0.1, 0.15) is 18.2 Å². The molecule has 1 atom stereocenters. The molecule has 1 rings (SSSR count). The number of pyridine rings is 1. The van der Waals surface area contributed by atoms with Crippen molar-refractivity contribution in [2.75, 3.05) is 11.6 Å². The van der Waals surface area contributed by atoms with Gasteiger partial charge < -0.3 is 0 Å². The van der Waals surface area contributed by atoms with Crippen LogP contribution in [0.15, 0.2) is 17.2 Å². The van der Waals surface area contributed by atoms with Gasteiger partial charge in [-0.1, -0.05) is 6.92 Å². The maximum atomic E-state index is 12.0. The van der Waals surface area contributed by atoms with Crippen molar-refractivity contribution in [2.45, 2.75) is 18.9 Å². The molecule has 0 fully saturated rings. The number of nitrogens with zero attached hydrogens (tertiary/aromatic N) is 2. The zero-order chi connectivity index (χ0) is 13.1. The van der Waals surface area contributed by atoms with Crippen molar-refractivity contribution >= 4 is 21.4 Å². The molecule has 92 valence electrons. The molecule has 17 heavy (non-hydrogen) atoms. The lowest BCUT2D eigenvalue weighted by Crippen LogP contribution is -2.16. The molecule has 0 N–H and O–H groups in total. The van der Waals surface area contributed by atoms with E-state index in [-0.39, 0.29) is 22.6 Å². The predicted molar refractivity (Wildman–Crippen MR) is 65.6 cm³/mol. The third-order valence-electron chi connectivity index (χ3n) is 2.15. The van der Waals surface area contributed by atoms with Gasteiger partial charge in [0.15, 0.2) is 14.9 Å². The Morgan fingerprint density at radius 1 is 1.53 bits per heavy atom. The zero-order valence-electron chi connectivity index (χ0n) is 9.64. The van der Waals surface area contributed by atoms with Crippen LogP contribution < -0.4 is 0 Å². The van der Waals surface area contributed by atoms with E-state index in [1.54, 1.807) is 19.9 Å². The molecule has 0 saturated carbocycles. The van der Waals surface area contributed by atoms with E-state index in [0.717, 1.165) is 0 Å². The fourth-order valence-electron chi connectivity index (χ4n) is 1.37. The van der Waals surface area contributed by atoms with Gasteiger partial charge in [0, 0.05) is 11.6 Å². The molecule has 0 aliphatic heterocycles. The van der Waals surface area contributed by atoms with Gasteiger partial charge in [-0.3, -0.25) is 0 Å². The average molecular weight is 273 g/mol. The highest BCUT2D eigenvalue weighted by Gasteiger charge is 2.20. The average Bonchev–Trinajstić information content (AvgIpc) is 2.27. The van der Waals surface area contributed by atoms with Crippen LogP contribution in [0.5, 0.6) is 0 Å². The largest absolute Gasteiger partial charge is 0.241 e. The van der Waals surface area contributed by atoms with Crippen LogP contribution in [0.2, 0.25) is 0 Å². The summed E-state index contributed by atoms with van der Waals surface area (Å²) in [6.45, 7) is 3.41. The van der Waals surface area contributed by atoms with Crippen LogP contribution in [0.3, 0.4) is 0 Å². The molecule has 6 heteroatoms. The van der Waals surface area contributed by atoms with Gasteiger partial charge in [-0.05, 0) is 25.0 Å². The van der Waals surface area contributed by atoms with E-state index in [0.29, 0.717) is 11.3 Å². The highest BCUT2D eigenvalue weighted by atomic mass is 35.5. The zero-order valence-corrected chi connectivity index (χ0v) is 11.2. The lowest BCUT2D eigenvalue weighted by Gasteiger charge is -2.08. The molecule has 4 nitrogen and oxygen atoms in total. The van der Waals surface area contributed by atoms with Crippen LogP contribution >= 0.6 is 11.6 Å². The Morgan fingerprint density at radius 2 is 2.18 bits per heavy atom. The van der Waals surface area contributed by atoms with E-state index in [2.05, 4.69) is 4.98 Å². The van der Waals surface area contributed by atoms with E-state index in [1.165, 1.54) is 6.07 Å². The predicted octanol–water partition coefficient (Wildman–Crippen LogP) is 1.91. The second kappa shape index (κ2) is 5.48. The number of alkyl halides is 1. The minimum atomic E-state index is -3.47. The van der Waals surface area contributed by atoms with E-state index >= 15 is 0 Å². The molecular weight excluding hydrogens is 260 g/mol. The first-order valence-electron chi connectivity index (χ1n) is 5.06. The minimum absolute atomic E-state index is 0.0500. The summed E-state index contributed by atoms with van der Waals surface area (Å²) >= 11 is 5.60. The summed E-state index contributed by atoms with van der Waals surface area (Å²) in [6.07, 6.45) is 0. The first-order chi connectivity index (χ1) is 7.89. The maximum Gasteiger partial charge on any atom is 0.195 e. The first-order valence-corrected chi connectivity index (χ1v) is 7.25. The van der Waals surface area contributed by atoms with Gasteiger partial charge in [-0.25, -0.2) is 13.4 Å². The van der Waals surface area contributed by atoms with Crippen molar-refractivity contribution in [3.8, 4) is 6.07 Å². The van der Waals surface area contributed by atoms with Crippen molar-refractivity contribution in [2.24, 2.45) is 5.92 Å². The van der Waals surface area contributed by atoms with Crippen molar-refractivity contribution in [3.05, 3.63) is 23.4 Å². The lowest BCUT2D eigenvalue weighted by atomic mass is 10.2. The third-order valence-corrected chi connectivity index (χ3v) is 4.53. The monoisotopic (exact) mass is 272 g/mol. The fourth-order valence-corrected chi connectivity index (χ4v) is 3.23. The van der Waals surface area contributed by atoms with Crippen LogP contribution in [-0.2, 0) is 9.84 Å². The summed E-state index contributed by atoms with van der Waals surface area (Å²) in [6, 6.07) is 4.76. The summed E-state index contributed by atoms with van der Waals surface area (Å²) in [4.78, 5) is 3.96. The smallest absolute Gasteiger partial charge is 0.195 e. The minimum Gasteiger partial charge on any atom is -0.241 e. The van der Waals surface area contributed by atoms with E-state index < -0.39 is 9.84 Å². The molecule has 0 bridgehead atoms. The Kier molecular flexibility index (Phi) is 4.49. The van der Waals surface area contributed by atoms with Crippen molar-refractivity contribution in [3.63, 3.8) is 0 Å². The van der Waals surface area contributed by atoms with Crippen LogP contribution in [0, 0.1) is 24.2 Å². The van der Waals surface area contributed by atoms with Gasteiger partial charge in [-0.2, -0.15) is 5.26 Å². The fraction of sp³-hybridized carbons (Fsp3) is 0.455. The molecule has 1 heterocycles. The van der Waals surface area contributed by atoms with E-state index in [9.17, 15) is 8.42 Å². The Bertz CT molecular complexity index is 549. The molecule has 0 amide bonds. The van der Waals surface area contributed by atoms with E-state index in [1.807, 2.05) is 6.07 Å². The van der Waals surface area contributed by atoms with Crippen LogP contribution in [-0.4, -0.2) is 25.0 Å². The number of aryl methyl sites for hydroxylation is 1.